The lowest BCUT2D eigenvalue weighted by atomic mass is 10.2. The van der Waals surface area contributed by atoms with Gasteiger partial charge in [-0.25, -0.2) is 0 Å². The number of aromatic nitrogens is 3. The Hall–Kier alpha value is -2.60. The van der Waals surface area contributed by atoms with Crippen LogP contribution in [0.1, 0.15) is 5.76 Å². The Kier molecular flexibility index (Phi) is 4.50. The highest BCUT2D eigenvalue weighted by molar-refractivity contribution is 5.55. The van der Waals surface area contributed by atoms with Crippen LogP contribution in [-0.2, 0) is 17.8 Å². The molecule has 3 aromatic rings. The SMILES string of the molecule is COCCn1ccc(NCc2ccc(-c3cccnc3)o2)n1. The van der Waals surface area contributed by atoms with E-state index in [4.69, 9.17) is 9.15 Å². The zero-order valence-corrected chi connectivity index (χ0v) is 12.4. The molecule has 1 N–H and O–H groups in total. The van der Waals surface area contributed by atoms with Gasteiger partial charge in [-0.15, -0.1) is 0 Å². The van der Waals surface area contributed by atoms with Gasteiger partial charge < -0.3 is 14.5 Å². The van der Waals surface area contributed by atoms with E-state index in [0.717, 1.165) is 29.4 Å². The predicted octanol–water partition coefficient (Wildman–Crippen LogP) is 2.80. The molecule has 6 nitrogen and oxygen atoms in total. The van der Waals surface area contributed by atoms with Crippen LogP contribution in [0.3, 0.4) is 0 Å². The lowest BCUT2D eigenvalue weighted by molar-refractivity contribution is 0.183. The lowest BCUT2D eigenvalue weighted by Gasteiger charge is -2.01. The molecule has 0 radical (unpaired) electrons. The Morgan fingerprint density at radius 2 is 2.23 bits per heavy atom. The van der Waals surface area contributed by atoms with Gasteiger partial charge >= 0.3 is 0 Å². The first-order valence-corrected chi connectivity index (χ1v) is 7.10. The molecule has 3 heterocycles. The van der Waals surface area contributed by atoms with E-state index >= 15 is 0 Å². The normalized spacial score (nSPS) is 10.8. The summed E-state index contributed by atoms with van der Waals surface area (Å²) in [6, 6.07) is 9.70. The Morgan fingerprint density at radius 3 is 3.05 bits per heavy atom. The maximum Gasteiger partial charge on any atom is 0.148 e. The molecule has 0 aliphatic carbocycles. The number of pyridine rings is 1. The number of rotatable bonds is 7. The third-order valence-electron chi connectivity index (χ3n) is 3.22. The number of anilines is 1. The van der Waals surface area contributed by atoms with Gasteiger partial charge in [-0.05, 0) is 24.3 Å². The highest BCUT2D eigenvalue weighted by atomic mass is 16.5. The van der Waals surface area contributed by atoms with Gasteiger partial charge in [0.1, 0.15) is 17.3 Å². The molecule has 0 fully saturated rings. The van der Waals surface area contributed by atoms with Gasteiger partial charge in [0.2, 0.25) is 0 Å². The molecule has 114 valence electrons. The van der Waals surface area contributed by atoms with Gasteiger partial charge in [-0.3, -0.25) is 9.67 Å². The molecule has 0 amide bonds. The maximum atomic E-state index is 5.81. The highest BCUT2D eigenvalue weighted by Crippen LogP contribution is 2.21. The van der Waals surface area contributed by atoms with Crippen molar-refractivity contribution in [2.75, 3.05) is 19.0 Å². The second-order valence-electron chi connectivity index (χ2n) is 4.82. The summed E-state index contributed by atoms with van der Waals surface area (Å²) in [5.74, 6) is 2.48. The second-order valence-corrected chi connectivity index (χ2v) is 4.82. The van der Waals surface area contributed by atoms with E-state index in [1.807, 2.05) is 41.2 Å². The van der Waals surface area contributed by atoms with Crippen LogP contribution >= 0.6 is 0 Å². The minimum atomic E-state index is 0.585. The molecule has 0 aliphatic heterocycles. The Bertz CT molecular complexity index is 706. The molecule has 0 atom stereocenters. The van der Waals surface area contributed by atoms with Crippen LogP contribution in [-0.4, -0.2) is 28.5 Å². The number of nitrogens with zero attached hydrogens (tertiary/aromatic N) is 3. The average molecular weight is 298 g/mol. The first kappa shape index (κ1) is 14.3. The van der Waals surface area contributed by atoms with Gasteiger partial charge in [0.25, 0.3) is 0 Å². The predicted molar refractivity (Wildman–Crippen MR) is 83.4 cm³/mol. The van der Waals surface area contributed by atoms with Gasteiger partial charge in [0.05, 0.1) is 19.7 Å². The summed E-state index contributed by atoms with van der Waals surface area (Å²) in [4.78, 5) is 4.09. The summed E-state index contributed by atoms with van der Waals surface area (Å²) in [5.41, 5.74) is 0.970. The summed E-state index contributed by atoms with van der Waals surface area (Å²) < 4.78 is 12.7. The zero-order valence-electron chi connectivity index (χ0n) is 12.4. The largest absolute Gasteiger partial charge is 0.459 e. The topological polar surface area (TPSA) is 65.1 Å². The standard InChI is InChI=1S/C16H18N4O2/c1-21-10-9-20-8-6-16(19-20)18-12-14-4-5-15(22-14)13-3-2-7-17-11-13/h2-8,11H,9-10,12H2,1H3,(H,18,19). The summed E-state index contributed by atoms with van der Waals surface area (Å²) in [5, 5.41) is 7.64. The second kappa shape index (κ2) is 6.91. The molecule has 3 aromatic heterocycles. The van der Waals surface area contributed by atoms with Crippen molar-refractivity contribution in [2.45, 2.75) is 13.1 Å². The van der Waals surface area contributed by atoms with Crippen LogP contribution in [0.25, 0.3) is 11.3 Å². The van der Waals surface area contributed by atoms with Crippen LogP contribution in [0.2, 0.25) is 0 Å². The van der Waals surface area contributed by atoms with E-state index in [9.17, 15) is 0 Å². The van der Waals surface area contributed by atoms with E-state index < -0.39 is 0 Å². The van der Waals surface area contributed by atoms with Crippen LogP contribution in [0.15, 0.2) is 53.3 Å². The fraction of sp³-hybridized carbons (Fsp3) is 0.250. The monoisotopic (exact) mass is 298 g/mol. The lowest BCUT2D eigenvalue weighted by Crippen LogP contribution is -2.06. The van der Waals surface area contributed by atoms with Crippen LogP contribution in [0.4, 0.5) is 5.82 Å². The number of furan rings is 1. The highest BCUT2D eigenvalue weighted by Gasteiger charge is 2.05. The number of hydrogen-bond donors (Lipinski definition) is 1. The molecular formula is C16H18N4O2. The fourth-order valence-electron chi connectivity index (χ4n) is 2.08. The molecular weight excluding hydrogens is 280 g/mol. The van der Waals surface area contributed by atoms with Gasteiger partial charge in [0, 0.05) is 37.3 Å². The minimum Gasteiger partial charge on any atom is -0.459 e. The van der Waals surface area contributed by atoms with Crippen molar-refractivity contribution in [2.24, 2.45) is 0 Å². The van der Waals surface area contributed by atoms with E-state index in [-0.39, 0.29) is 0 Å². The van der Waals surface area contributed by atoms with Crippen molar-refractivity contribution >= 4 is 5.82 Å². The molecule has 0 unspecified atom stereocenters. The third-order valence-corrected chi connectivity index (χ3v) is 3.22. The Balaban J connectivity index is 1.58. The summed E-state index contributed by atoms with van der Waals surface area (Å²) in [6.45, 7) is 1.97. The Labute approximate surface area is 128 Å². The molecule has 0 saturated heterocycles. The molecule has 0 bridgehead atoms. The van der Waals surface area contributed by atoms with Crippen molar-refractivity contribution in [3.05, 3.63) is 54.7 Å². The number of methoxy groups -OCH3 is 1. The molecule has 3 rings (SSSR count). The zero-order chi connectivity index (χ0) is 15.2. The molecule has 0 aliphatic rings. The van der Waals surface area contributed by atoms with Crippen molar-refractivity contribution in [3.8, 4) is 11.3 Å². The number of ether oxygens (including phenoxy) is 1. The van der Waals surface area contributed by atoms with E-state index in [2.05, 4.69) is 15.4 Å². The summed E-state index contributed by atoms with van der Waals surface area (Å²) in [7, 11) is 1.68. The van der Waals surface area contributed by atoms with E-state index in [0.29, 0.717) is 13.2 Å². The molecule has 0 saturated carbocycles. The first-order chi connectivity index (χ1) is 10.8. The summed E-state index contributed by atoms with van der Waals surface area (Å²) in [6.07, 6.45) is 5.45. The van der Waals surface area contributed by atoms with Crippen molar-refractivity contribution in [1.82, 2.24) is 14.8 Å². The van der Waals surface area contributed by atoms with Crippen molar-refractivity contribution in [1.29, 1.82) is 0 Å². The Morgan fingerprint density at radius 1 is 1.27 bits per heavy atom. The van der Waals surface area contributed by atoms with Crippen LogP contribution < -0.4 is 5.32 Å². The number of hydrogen-bond acceptors (Lipinski definition) is 5. The summed E-state index contributed by atoms with van der Waals surface area (Å²) >= 11 is 0. The number of nitrogens with one attached hydrogen (secondary N) is 1. The first-order valence-electron chi connectivity index (χ1n) is 7.10. The average Bonchev–Trinajstić information content (AvgIpc) is 3.21. The van der Waals surface area contributed by atoms with Crippen LogP contribution in [0, 0.1) is 0 Å². The van der Waals surface area contributed by atoms with Gasteiger partial charge in [-0.1, -0.05) is 0 Å². The van der Waals surface area contributed by atoms with E-state index in [1.54, 1.807) is 19.5 Å². The molecule has 6 heteroatoms. The maximum absolute atomic E-state index is 5.81. The third kappa shape index (κ3) is 3.53. The minimum absolute atomic E-state index is 0.585. The van der Waals surface area contributed by atoms with E-state index in [1.165, 1.54) is 0 Å². The smallest absolute Gasteiger partial charge is 0.148 e. The van der Waals surface area contributed by atoms with Gasteiger partial charge in [-0.2, -0.15) is 5.10 Å². The molecule has 22 heavy (non-hydrogen) atoms. The quantitative estimate of drug-likeness (QED) is 0.726. The molecule has 0 aromatic carbocycles. The van der Waals surface area contributed by atoms with Gasteiger partial charge in [0.15, 0.2) is 0 Å². The van der Waals surface area contributed by atoms with Crippen LogP contribution in [0.5, 0.6) is 0 Å². The van der Waals surface area contributed by atoms with Crippen molar-refractivity contribution < 1.29 is 9.15 Å². The fourth-order valence-corrected chi connectivity index (χ4v) is 2.08. The van der Waals surface area contributed by atoms with Crippen molar-refractivity contribution in [3.63, 3.8) is 0 Å². The molecule has 0 spiro atoms.